The van der Waals surface area contributed by atoms with E-state index < -0.39 is 33.0 Å². The van der Waals surface area contributed by atoms with E-state index in [9.17, 15) is 18.0 Å². The summed E-state index contributed by atoms with van der Waals surface area (Å²) >= 11 is 3.00. The van der Waals surface area contributed by atoms with Crippen LogP contribution in [0.4, 0.5) is 0 Å². The first-order valence-corrected chi connectivity index (χ1v) is 7.20. The molecule has 0 saturated carbocycles. The largest absolute Gasteiger partial charge is 0.479 e. The monoisotopic (exact) mass is 350 g/mol. The highest BCUT2D eigenvalue weighted by Gasteiger charge is 2.50. The normalized spacial score (nSPS) is 14.6. The van der Waals surface area contributed by atoms with Gasteiger partial charge in [0.25, 0.3) is 0 Å². The van der Waals surface area contributed by atoms with Crippen molar-refractivity contribution in [3.05, 3.63) is 28.7 Å². The Kier molecular flexibility index (Phi) is 4.33. The Morgan fingerprint density at radius 2 is 1.84 bits per heavy atom. The van der Waals surface area contributed by atoms with Gasteiger partial charge in [-0.25, -0.2) is 13.2 Å². The second-order valence-electron chi connectivity index (χ2n) is 3.77. The molecule has 1 aromatic carbocycles. The van der Waals surface area contributed by atoms with Crippen molar-refractivity contribution in [2.75, 3.05) is 0 Å². The number of nitrogens with two attached hydrogens (primary N) is 2. The van der Waals surface area contributed by atoms with Crippen molar-refractivity contribution in [1.29, 1.82) is 0 Å². The summed E-state index contributed by atoms with van der Waals surface area (Å²) in [4.78, 5) is 18.9. The highest BCUT2D eigenvalue weighted by molar-refractivity contribution is 9.10. The predicted octanol–water partition coefficient (Wildman–Crippen LogP) is -0.162. The van der Waals surface area contributed by atoms with Gasteiger partial charge in [0, 0.05) is 4.47 Å². The third-order valence-electron chi connectivity index (χ3n) is 2.40. The lowest BCUT2D eigenvalue weighted by molar-refractivity contribution is -0.141. The van der Waals surface area contributed by atoms with Crippen LogP contribution in [0.1, 0.15) is 6.42 Å². The zero-order valence-corrected chi connectivity index (χ0v) is 11.9. The van der Waals surface area contributed by atoms with E-state index in [0.717, 1.165) is 0 Å². The number of halogens is 1. The van der Waals surface area contributed by atoms with Crippen molar-refractivity contribution in [2.24, 2.45) is 11.5 Å². The maximum Gasteiger partial charge on any atom is 0.340 e. The first kappa shape index (κ1) is 15.6. The predicted molar refractivity (Wildman–Crippen MR) is 69.7 cm³/mol. The second-order valence-corrected chi connectivity index (χ2v) is 6.80. The highest BCUT2D eigenvalue weighted by atomic mass is 79.9. The van der Waals surface area contributed by atoms with Gasteiger partial charge in [-0.2, -0.15) is 0 Å². The van der Waals surface area contributed by atoms with E-state index in [1.165, 1.54) is 18.2 Å². The van der Waals surface area contributed by atoms with Crippen molar-refractivity contribution in [3.8, 4) is 0 Å². The number of carboxylic acids is 1. The number of hydrogen-bond donors (Lipinski definition) is 3. The summed E-state index contributed by atoms with van der Waals surface area (Å²) in [6, 6.07) is 5.56. The molecule has 0 bridgehead atoms. The summed E-state index contributed by atoms with van der Waals surface area (Å²) in [5.74, 6) is -2.97. The number of amides is 1. The standard InChI is InChI=1S/C10H11BrN2O5S/c11-6-3-1-2-4-7(6)19(17,18)10(13,9(15)16)5-8(12)14/h1-4H,5,13H2,(H2,12,14)(H,15,16)/t10-/m1/s1. The lowest BCUT2D eigenvalue weighted by Crippen LogP contribution is -2.56. The Bertz CT molecular complexity index is 631. The summed E-state index contributed by atoms with van der Waals surface area (Å²) in [6.07, 6.45) is -1.02. The zero-order valence-electron chi connectivity index (χ0n) is 9.54. The Morgan fingerprint density at radius 1 is 1.32 bits per heavy atom. The van der Waals surface area contributed by atoms with E-state index >= 15 is 0 Å². The van der Waals surface area contributed by atoms with E-state index in [1.807, 2.05) is 0 Å². The number of carbonyl (C=O) groups excluding carboxylic acids is 1. The summed E-state index contributed by atoms with van der Waals surface area (Å²) in [7, 11) is -4.50. The van der Waals surface area contributed by atoms with Gasteiger partial charge in [0.2, 0.25) is 20.6 Å². The highest BCUT2D eigenvalue weighted by Crippen LogP contribution is 2.30. The van der Waals surface area contributed by atoms with Crippen molar-refractivity contribution < 1.29 is 23.1 Å². The molecule has 0 unspecified atom stereocenters. The molecule has 1 aromatic rings. The number of primary amides is 1. The molecule has 7 nitrogen and oxygen atoms in total. The molecule has 1 amide bonds. The van der Waals surface area contributed by atoms with Crippen molar-refractivity contribution >= 4 is 37.6 Å². The van der Waals surface area contributed by atoms with Crippen LogP contribution in [0.15, 0.2) is 33.6 Å². The Balaban J connectivity index is 3.50. The summed E-state index contributed by atoms with van der Waals surface area (Å²) in [5.41, 5.74) is 10.3. The summed E-state index contributed by atoms with van der Waals surface area (Å²) in [6.45, 7) is 0. The number of sulfone groups is 1. The van der Waals surface area contributed by atoms with Gasteiger partial charge >= 0.3 is 5.97 Å². The average Bonchev–Trinajstić information content (AvgIpc) is 2.27. The minimum Gasteiger partial charge on any atom is -0.479 e. The van der Waals surface area contributed by atoms with Crippen LogP contribution in [0, 0.1) is 0 Å². The second kappa shape index (κ2) is 5.27. The molecule has 19 heavy (non-hydrogen) atoms. The smallest absolute Gasteiger partial charge is 0.340 e. The van der Waals surface area contributed by atoms with Crippen LogP contribution < -0.4 is 11.5 Å². The van der Waals surface area contributed by atoms with Gasteiger partial charge in [-0.3, -0.25) is 4.79 Å². The summed E-state index contributed by atoms with van der Waals surface area (Å²) < 4.78 is 24.8. The number of carbonyl (C=O) groups is 2. The van der Waals surface area contributed by atoms with Gasteiger partial charge < -0.3 is 16.6 Å². The number of rotatable bonds is 5. The topological polar surface area (TPSA) is 141 Å². The maximum absolute atomic E-state index is 12.3. The molecule has 0 aliphatic heterocycles. The number of aliphatic carboxylic acids is 1. The third kappa shape index (κ3) is 2.77. The van der Waals surface area contributed by atoms with Crippen molar-refractivity contribution in [2.45, 2.75) is 16.2 Å². The molecule has 0 aromatic heterocycles. The number of hydrogen-bond acceptors (Lipinski definition) is 5. The van der Waals surface area contributed by atoms with Crippen LogP contribution in [-0.2, 0) is 19.4 Å². The van der Waals surface area contributed by atoms with E-state index in [0.29, 0.717) is 0 Å². The molecule has 1 atom stereocenters. The SMILES string of the molecule is NC(=O)C[C@](N)(C(=O)O)S(=O)(=O)c1ccccc1Br. The Morgan fingerprint density at radius 3 is 2.26 bits per heavy atom. The molecular weight excluding hydrogens is 340 g/mol. The lowest BCUT2D eigenvalue weighted by Gasteiger charge is -2.23. The fraction of sp³-hybridized carbons (Fsp3) is 0.200. The van der Waals surface area contributed by atoms with Gasteiger partial charge in [0.05, 0.1) is 11.3 Å². The van der Waals surface area contributed by atoms with Crippen LogP contribution in [0.25, 0.3) is 0 Å². The molecule has 0 radical (unpaired) electrons. The van der Waals surface area contributed by atoms with Gasteiger partial charge in [0.1, 0.15) is 0 Å². The quantitative estimate of drug-likeness (QED) is 0.673. The molecule has 0 aliphatic rings. The molecule has 1 rings (SSSR count). The maximum atomic E-state index is 12.3. The number of carboxylic acid groups (broad SMARTS) is 1. The molecule has 9 heteroatoms. The molecule has 104 valence electrons. The zero-order chi connectivity index (χ0) is 14.8. The first-order chi connectivity index (χ1) is 8.63. The Hall–Kier alpha value is -1.45. The number of benzene rings is 1. The fourth-order valence-electron chi connectivity index (χ4n) is 1.40. The molecular formula is C10H11BrN2O5S. The van der Waals surface area contributed by atoms with E-state index in [2.05, 4.69) is 15.9 Å². The minimum atomic E-state index is -4.50. The van der Waals surface area contributed by atoms with Crippen LogP contribution in [0.2, 0.25) is 0 Å². The first-order valence-electron chi connectivity index (χ1n) is 4.92. The van der Waals surface area contributed by atoms with Crippen LogP contribution in [-0.4, -0.2) is 30.3 Å². The van der Waals surface area contributed by atoms with Gasteiger partial charge in [0.15, 0.2) is 0 Å². The molecule has 0 aliphatic carbocycles. The van der Waals surface area contributed by atoms with Gasteiger partial charge in [-0.1, -0.05) is 12.1 Å². The van der Waals surface area contributed by atoms with E-state index in [-0.39, 0.29) is 9.37 Å². The molecule has 5 N–H and O–H groups in total. The molecule has 0 heterocycles. The summed E-state index contributed by atoms with van der Waals surface area (Å²) in [5, 5.41) is 9.04. The van der Waals surface area contributed by atoms with Gasteiger partial charge in [-0.05, 0) is 28.1 Å². The Labute approximate surface area is 117 Å². The van der Waals surface area contributed by atoms with E-state index in [4.69, 9.17) is 16.6 Å². The fourth-order valence-corrected chi connectivity index (χ4v) is 3.86. The minimum absolute atomic E-state index is 0.149. The van der Waals surface area contributed by atoms with Gasteiger partial charge in [-0.15, -0.1) is 0 Å². The molecule has 0 fully saturated rings. The van der Waals surface area contributed by atoms with Crippen LogP contribution >= 0.6 is 15.9 Å². The molecule has 0 saturated heterocycles. The van der Waals surface area contributed by atoms with Crippen LogP contribution in [0.5, 0.6) is 0 Å². The molecule has 0 spiro atoms. The average molecular weight is 351 g/mol. The lowest BCUT2D eigenvalue weighted by atomic mass is 10.2. The van der Waals surface area contributed by atoms with Crippen molar-refractivity contribution in [3.63, 3.8) is 0 Å². The van der Waals surface area contributed by atoms with E-state index in [1.54, 1.807) is 6.07 Å². The van der Waals surface area contributed by atoms with Crippen molar-refractivity contribution in [1.82, 2.24) is 0 Å². The third-order valence-corrected chi connectivity index (χ3v) is 5.57. The van der Waals surface area contributed by atoms with Crippen LogP contribution in [0.3, 0.4) is 0 Å².